The second-order valence-electron chi connectivity index (χ2n) is 3.67. The molecule has 70 valence electrons. The van der Waals surface area contributed by atoms with Crippen molar-refractivity contribution in [3.05, 3.63) is 0 Å². The summed E-state index contributed by atoms with van der Waals surface area (Å²) in [7, 11) is 0. The van der Waals surface area contributed by atoms with Crippen molar-refractivity contribution in [3.63, 3.8) is 0 Å². The quantitative estimate of drug-likeness (QED) is 0.662. The predicted octanol–water partition coefficient (Wildman–Crippen LogP) is 1.40. The van der Waals surface area contributed by atoms with Crippen LogP contribution in [0.25, 0.3) is 0 Å². The first-order chi connectivity index (χ1) is 5.60. The maximum Gasteiger partial charge on any atom is 0.309 e. The van der Waals surface area contributed by atoms with E-state index in [4.69, 9.17) is 5.11 Å². The van der Waals surface area contributed by atoms with Crippen LogP contribution in [-0.2, 0) is 4.79 Å². The monoisotopic (exact) mass is 172 g/mol. The van der Waals surface area contributed by atoms with Crippen molar-refractivity contribution >= 4 is 5.97 Å². The van der Waals surface area contributed by atoms with Crippen LogP contribution in [0.15, 0.2) is 0 Å². The Balaban J connectivity index is 2.63. The maximum atomic E-state index is 10.9. The van der Waals surface area contributed by atoms with E-state index < -0.39 is 11.4 Å². The van der Waals surface area contributed by atoms with Gasteiger partial charge >= 0.3 is 5.97 Å². The summed E-state index contributed by atoms with van der Waals surface area (Å²) >= 11 is 0. The van der Waals surface area contributed by atoms with E-state index in [1.807, 2.05) is 6.92 Å². The molecule has 3 nitrogen and oxygen atoms in total. The average Bonchev–Trinajstić information content (AvgIpc) is 2.06. The molecule has 1 fully saturated rings. The van der Waals surface area contributed by atoms with Crippen LogP contribution in [0.3, 0.4) is 0 Å². The highest BCUT2D eigenvalue weighted by atomic mass is 16.4. The summed E-state index contributed by atoms with van der Waals surface area (Å²) in [4.78, 5) is 10.9. The van der Waals surface area contributed by atoms with Gasteiger partial charge in [-0.2, -0.15) is 0 Å². The molecule has 0 saturated heterocycles. The number of hydrogen-bond acceptors (Lipinski definition) is 2. The normalized spacial score (nSPS) is 36.3. The molecular weight excluding hydrogens is 156 g/mol. The Kier molecular flexibility index (Phi) is 2.73. The number of aliphatic hydroxyl groups excluding tert-OH is 1. The van der Waals surface area contributed by atoms with Gasteiger partial charge < -0.3 is 10.2 Å². The second-order valence-corrected chi connectivity index (χ2v) is 3.67. The zero-order valence-corrected chi connectivity index (χ0v) is 7.42. The number of carbonyl (C=O) groups is 1. The van der Waals surface area contributed by atoms with E-state index in [2.05, 4.69) is 0 Å². The Morgan fingerprint density at radius 1 is 1.50 bits per heavy atom. The van der Waals surface area contributed by atoms with E-state index in [1.54, 1.807) is 0 Å². The summed E-state index contributed by atoms with van der Waals surface area (Å²) < 4.78 is 0. The van der Waals surface area contributed by atoms with Crippen molar-refractivity contribution in [2.24, 2.45) is 5.41 Å². The van der Waals surface area contributed by atoms with E-state index in [0.717, 1.165) is 0 Å². The molecule has 1 rings (SSSR count). The predicted molar refractivity (Wildman–Crippen MR) is 44.8 cm³/mol. The number of carboxylic acids is 1. The van der Waals surface area contributed by atoms with Crippen LogP contribution in [0.5, 0.6) is 0 Å². The molecule has 0 aliphatic heterocycles. The van der Waals surface area contributed by atoms with Gasteiger partial charge in [-0.05, 0) is 32.1 Å². The summed E-state index contributed by atoms with van der Waals surface area (Å²) in [5.74, 6) is -0.697. The molecule has 12 heavy (non-hydrogen) atoms. The molecule has 1 saturated carbocycles. The van der Waals surface area contributed by atoms with Crippen molar-refractivity contribution in [3.8, 4) is 0 Å². The van der Waals surface area contributed by atoms with Crippen LogP contribution in [-0.4, -0.2) is 22.3 Å². The largest absolute Gasteiger partial charge is 0.481 e. The van der Waals surface area contributed by atoms with Gasteiger partial charge in [0, 0.05) is 0 Å². The van der Waals surface area contributed by atoms with Crippen LogP contribution in [0, 0.1) is 5.41 Å². The first-order valence-corrected chi connectivity index (χ1v) is 4.52. The smallest absolute Gasteiger partial charge is 0.309 e. The molecule has 0 heterocycles. The molecule has 0 atom stereocenters. The van der Waals surface area contributed by atoms with Crippen molar-refractivity contribution in [2.75, 3.05) is 0 Å². The fourth-order valence-corrected chi connectivity index (χ4v) is 1.87. The van der Waals surface area contributed by atoms with Gasteiger partial charge in [-0.3, -0.25) is 4.79 Å². The van der Waals surface area contributed by atoms with Crippen LogP contribution in [0.4, 0.5) is 0 Å². The minimum Gasteiger partial charge on any atom is -0.481 e. The van der Waals surface area contributed by atoms with Crippen molar-refractivity contribution < 1.29 is 15.0 Å². The molecule has 0 unspecified atom stereocenters. The van der Waals surface area contributed by atoms with Gasteiger partial charge in [0.1, 0.15) is 0 Å². The van der Waals surface area contributed by atoms with Crippen LogP contribution in [0.1, 0.15) is 39.0 Å². The molecule has 0 spiro atoms. The Morgan fingerprint density at radius 3 is 2.33 bits per heavy atom. The van der Waals surface area contributed by atoms with Gasteiger partial charge in [0.05, 0.1) is 11.5 Å². The number of carboxylic acid groups (broad SMARTS) is 1. The van der Waals surface area contributed by atoms with E-state index in [9.17, 15) is 9.90 Å². The van der Waals surface area contributed by atoms with Crippen LogP contribution >= 0.6 is 0 Å². The highest BCUT2D eigenvalue weighted by Crippen LogP contribution is 2.39. The van der Waals surface area contributed by atoms with E-state index in [0.29, 0.717) is 32.1 Å². The summed E-state index contributed by atoms with van der Waals surface area (Å²) in [6.07, 6.45) is 2.93. The van der Waals surface area contributed by atoms with Crippen molar-refractivity contribution in [2.45, 2.75) is 45.1 Å². The Labute approximate surface area is 72.4 Å². The fourth-order valence-electron chi connectivity index (χ4n) is 1.87. The lowest BCUT2D eigenvalue weighted by molar-refractivity contribution is -0.152. The summed E-state index contributed by atoms with van der Waals surface area (Å²) in [5, 5.41) is 18.2. The average molecular weight is 172 g/mol. The lowest BCUT2D eigenvalue weighted by atomic mass is 9.71. The minimum atomic E-state index is -0.697. The highest BCUT2D eigenvalue weighted by Gasteiger charge is 2.39. The van der Waals surface area contributed by atoms with E-state index in [-0.39, 0.29) is 6.10 Å². The molecule has 0 aromatic carbocycles. The first-order valence-electron chi connectivity index (χ1n) is 4.52. The highest BCUT2D eigenvalue weighted by molar-refractivity contribution is 5.74. The maximum absolute atomic E-state index is 10.9. The van der Waals surface area contributed by atoms with Gasteiger partial charge in [0.25, 0.3) is 0 Å². The minimum absolute atomic E-state index is 0.274. The van der Waals surface area contributed by atoms with Crippen LogP contribution in [0.2, 0.25) is 0 Å². The molecule has 0 aromatic rings. The Hall–Kier alpha value is -0.570. The number of rotatable bonds is 2. The lowest BCUT2D eigenvalue weighted by Crippen LogP contribution is -2.36. The molecule has 0 aromatic heterocycles. The molecule has 1 aliphatic rings. The van der Waals surface area contributed by atoms with Gasteiger partial charge in [0.2, 0.25) is 0 Å². The number of aliphatic hydroxyl groups is 1. The molecule has 1 aliphatic carbocycles. The topological polar surface area (TPSA) is 57.5 Å². The van der Waals surface area contributed by atoms with Gasteiger partial charge in [-0.25, -0.2) is 0 Å². The van der Waals surface area contributed by atoms with Gasteiger partial charge in [0.15, 0.2) is 0 Å². The Bertz CT molecular complexity index is 169. The lowest BCUT2D eigenvalue weighted by Gasteiger charge is -2.34. The first kappa shape index (κ1) is 9.52. The standard InChI is InChI=1S/C9H16O3/c1-2-9(8(11)12)5-3-7(10)4-6-9/h7,10H,2-6H2,1H3,(H,11,12). The molecule has 3 heteroatoms. The SMILES string of the molecule is CCC1(C(=O)O)CCC(O)CC1. The number of aliphatic carboxylic acids is 1. The summed E-state index contributed by atoms with van der Waals surface area (Å²) in [5.41, 5.74) is -0.542. The summed E-state index contributed by atoms with van der Waals surface area (Å²) in [6, 6.07) is 0. The van der Waals surface area contributed by atoms with E-state index >= 15 is 0 Å². The zero-order valence-electron chi connectivity index (χ0n) is 7.42. The molecular formula is C9H16O3. The molecule has 0 bridgehead atoms. The Morgan fingerprint density at radius 2 is 2.00 bits per heavy atom. The third-order valence-corrected chi connectivity index (χ3v) is 3.04. The van der Waals surface area contributed by atoms with Crippen molar-refractivity contribution in [1.29, 1.82) is 0 Å². The van der Waals surface area contributed by atoms with Gasteiger partial charge in [-0.1, -0.05) is 6.92 Å². The van der Waals surface area contributed by atoms with E-state index in [1.165, 1.54) is 0 Å². The third-order valence-electron chi connectivity index (χ3n) is 3.04. The fraction of sp³-hybridized carbons (Fsp3) is 0.889. The van der Waals surface area contributed by atoms with Gasteiger partial charge in [-0.15, -0.1) is 0 Å². The summed E-state index contributed by atoms with van der Waals surface area (Å²) in [6.45, 7) is 1.91. The molecule has 2 N–H and O–H groups in total. The molecule has 0 radical (unpaired) electrons. The molecule has 0 amide bonds. The third kappa shape index (κ3) is 1.61. The zero-order chi connectivity index (χ0) is 9.19. The van der Waals surface area contributed by atoms with Crippen molar-refractivity contribution in [1.82, 2.24) is 0 Å². The second kappa shape index (κ2) is 3.44. The number of hydrogen-bond donors (Lipinski definition) is 2. The van der Waals surface area contributed by atoms with Crippen LogP contribution < -0.4 is 0 Å².